The Morgan fingerprint density at radius 3 is 2.50 bits per heavy atom. The van der Waals surface area contributed by atoms with E-state index < -0.39 is 23.7 Å². The third kappa shape index (κ3) is 3.52. The number of aliphatic hydroxyl groups excluding tert-OH is 3. The fourth-order valence-electron chi connectivity index (χ4n) is 2.40. The third-order valence-corrected chi connectivity index (χ3v) is 4.91. The molecule has 2 heterocycles. The first kappa shape index (κ1) is 16.7. The lowest BCUT2D eigenvalue weighted by atomic mass is 10.1. The zero-order chi connectivity index (χ0) is 17.1. The molecule has 0 aliphatic carbocycles. The fourth-order valence-corrected chi connectivity index (χ4v) is 3.40. The van der Waals surface area contributed by atoms with E-state index in [4.69, 9.17) is 10.00 Å². The van der Waals surface area contributed by atoms with Crippen LogP contribution in [0.5, 0.6) is 5.75 Å². The number of aliphatic hydroxyl groups is 3. The standard InChI is InChI=1S/C17H16N2O4S/c18-7-10-1-3-11(4-2-10)13-6-5-12(8-19-13)23-16-15(21)14(20)9-24-17(16)22/h1-6,8,14-17,20-22H,9H2/t14-,15+,16-,17-/m1/s1. The highest BCUT2D eigenvalue weighted by Crippen LogP contribution is 2.29. The lowest BCUT2D eigenvalue weighted by Gasteiger charge is -2.35. The molecule has 3 rings (SSSR count). The van der Waals surface area contributed by atoms with Crippen LogP contribution in [-0.4, -0.2) is 49.8 Å². The fraction of sp³-hybridized carbons (Fsp3) is 0.294. The summed E-state index contributed by atoms with van der Waals surface area (Å²) in [4.78, 5) is 4.30. The monoisotopic (exact) mass is 344 g/mol. The molecule has 1 aromatic heterocycles. The van der Waals surface area contributed by atoms with Gasteiger partial charge in [0.25, 0.3) is 0 Å². The van der Waals surface area contributed by atoms with Crippen LogP contribution in [0.3, 0.4) is 0 Å². The number of hydrogen-bond acceptors (Lipinski definition) is 7. The van der Waals surface area contributed by atoms with E-state index in [1.807, 2.05) is 12.1 Å². The lowest BCUT2D eigenvalue weighted by molar-refractivity contribution is -0.0722. The van der Waals surface area contributed by atoms with Crippen molar-refractivity contribution in [2.45, 2.75) is 23.7 Å². The van der Waals surface area contributed by atoms with Crippen molar-refractivity contribution in [1.29, 1.82) is 5.26 Å². The van der Waals surface area contributed by atoms with Gasteiger partial charge in [0.1, 0.15) is 17.3 Å². The summed E-state index contributed by atoms with van der Waals surface area (Å²) in [5.41, 5.74) is 1.24. The molecule has 0 spiro atoms. The Morgan fingerprint density at radius 1 is 1.12 bits per heavy atom. The van der Waals surface area contributed by atoms with Crippen molar-refractivity contribution < 1.29 is 20.1 Å². The van der Waals surface area contributed by atoms with Gasteiger partial charge < -0.3 is 20.1 Å². The molecule has 2 aromatic rings. The summed E-state index contributed by atoms with van der Waals surface area (Å²) >= 11 is 1.13. The summed E-state index contributed by atoms with van der Waals surface area (Å²) in [6, 6.07) is 12.6. The van der Waals surface area contributed by atoms with Crippen LogP contribution in [0.25, 0.3) is 11.3 Å². The van der Waals surface area contributed by atoms with Gasteiger partial charge in [0.15, 0.2) is 6.10 Å². The summed E-state index contributed by atoms with van der Waals surface area (Å²) in [7, 11) is 0. The maximum absolute atomic E-state index is 9.96. The zero-order valence-electron chi connectivity index (χ0n) is 12.6. The van der Waals surface area contributed by atoms with Gasteiger partial charge in [-0.25, -0.2) is 0 Å². The molecule has 1 aliphatic heterocycles. The zero-order valence-corrected chi connectivity index (χ0v) is 13.4. The number of hydrogen-bond donors (Lipinski definition) is 3. The third-order valence-electron chi connectivity index (χ3n) is 3.77. The highest BCUT2D eigenvalue weighted by molar-refractivity contribution is 7.99. The molecule has 3 N–H and O–H groups in total. The minimum absolute atomic E-state index is 0.262. The molecular formula is C17H16N2O4S. The van der Waals surface area contributed by atoms with Gasteiger partial charge in [-0.1, -0.05) is 12.1 Å². The van der Waals surface area contributed by atoms with Gasteiger partial charge in [-0.3, -0.25) is 4.98 Å². The molecule has 0 unspecified atom stereocenters. The Hall–Kier alpha value is -2.11. The molecular weight excluding hydrogens is 328 g/mol. The molecule has 1 saturated heterocycles. The molecule has 1 aliphatic rings. The van der Waals surface area contributed by atoms with Crippen LogP contribution < -0.4 is 4.74 Å². The average Bonchev–Trinajstić information content (AvgIpc) is 2.63. The smallest absolute Gasteiger partial charge is 0.162 e. The van der Waals surface area contributed by atoms with Crippen molar-refractivity contribution in [2.75, 3.05) is 5.75 Å². The number of thioether (sulfide) groups is 1. The summed E-state index contributed by atoms with van der Waals surface area (Å²) in [6.07, 6.45) is -1.51. The normalized spacial score (nSPS) is 26.6. The Balaban J connectivity index is 1.73. The van der Waals surface area contributed by atoms with Crippen molar-refractivity contribution >= 4 is 11.8 Å². The van der Waals surface area contributed by atoms with Crippen LogP contribution in [0.4, 0.5) is 0 Å². The van der Waals surface area contributed by atoms with Gasteiger partial charge in [-0.05, 0) is 24.3 Å². The van der Waals surface area contributed by atoms with Crippen LogP contribution in [0.2, 0.25) is 0 Å². The predicted molar refractivity (Wildman–Crippen MR) is 89.3 cm³/mol. The van der Waals surface area contributed by atoms with Crippen molar-refractivity contribution in [3.63, 3.8) is 0 Å². The van der Waals surface area contributed by atoms with Crippen LogP contribution >= 0.6 is 11.8 Å². The van der Waals surface area contributed by atoms with Gasteiger partial charge in [0, 0.05) is 11.3 Å². The minimum Gasteiger partial charge on any atom is -0.482 e. The van der Waals surface area contributed by atoms with Gasteiger partial charge in [-0.2, -0.15) is 5.26 Å². The number of rotatable bonds is 3. The van der Waals surface area contributed by atoms with Crippen LogP contribution in [-0.2, 0) is 0 Å². The summed E-state index contributed by atoms with van der Waals surface area (Å²) in [6.45, 7) is 0. The van der Waals surface area contributed by atoms with E-state index in [2.05, 4.69) is 11.1 Å². The largest absolute Gasteiger partial charge is 0.482 e. The molecule has 124 valence electrons. The van der Waals surface area contributed by atoms with E-state index in [0.29, 0.717) is 17.0 Å². The predicted octanol–water partition coefficient (Wildman–Crippen LogP) is 1.15. The van der Waals surface area contributed by atoms with Gasteiger partial charge in [-0.15, -0.1) is 11.8 Å². The quantitative estimate of drug-likeness (QED) is 0.767. The summed E-state index contributed by atoms with van der Waals surface area (Å²) < 4.78 is 5.59. The van der Waals surface area contributed by atoms with E-state index in [9.17, 15) is 15.3 Å². The molecule has 1 aromatic carbocycles. The maximum atomic E-state index is 9.96. The van der Waals surface area contributed by atoms with E-state index in [1.165, 1.54) is 6.20 Å². The first-order valence-electron chi connectivity index (χ1n) is 7.37. The van der Waals surface area contributed by atoms with Gasteiger partial charge in [0.2, 0.25) is 0 Å². The highest BCUT2D eigenvalue weighted by Gasteiger charge is 2.39. The first-order chi connectivity index (χ1) is 11.6. The number of benzene rings is 1. The van der Waals surface area contributed by atoms with E-state index in [-0.39, 0.29) is 5.75 Å². The second kappa shape index (κ2) is 7.20. The van der Waals surface area contributed by atoms with Crippen molar-refractivity contribution in [3.8, 4) is 23.1 Å². The lowest BCUT2D eigenvalue weighted by Crippen LogP contribution is -2.51. The molecule has 24 heavy (non-hydrogen) atoms. The SMILES string of the molecule is N#Cc1ccc(-c2ccc(O[C@@H]3[C@@H](O)[C@H](O)CS[C@H]3O)cn2)cc1. The second-order valence-electron chi connectivity index (χ2n) is 5.43. The molecule has 0 amide bonds. The summed E-state index contributed by atoms with van der Waals surface area (Å²) in [5.74, 6) is 0.656. The maximum Gasteiger partial charge on any atom is 0.162 e. The Morgan fingerprint density at radius 2 is 1.88 bits per heavy atom. The van der Waals surface area contributed by atoms with Crippen molar-refractivity contribution in [2.24, 2.45) is 0 Å². The number of nitriles is 1. The van der Waals surface area contributed by atoms with E-state index in [1.54, 1.807) is 24.3 Å². The Labute approximate surface area is 143 Å². The number of pyridine rings is 1. The number of nitrogens with zero attached hydrogens (tertiary/aromatic N) is 2. The number of aromatic nitrogens is 1. The first-order valence-corrected chi connectivity index (χ1v) is 8.42. The van der Waals surface area contributed by atoms with E-state index >= 15 is 0 Å². The van der Waals surface area contributed by atoms with Crippen LogP contribution in [0.15, 0.2) is 42.6 Å². The molecule has 1 fully saturated rings. The van der Waals surface area contributed by atoms with Crippen LogP contribution in [0.1, 0.15) is 5.56 Å². The molecule has 7 heteroatoms. The molecule has 0 radical (unpaired) electrons. The second-order valence-corrected chi connectivity index (χ2v) is 6.58. The number of ether oxygens (including phenoxy) is 1. The Bertz CT molecular complexity index is 730. The van der Waals surface area contributed by atoms with Crippen molar-refractivity contribution in [1.82, 2.24) is 4.98 Å². The topological polar surface area (TPSA) is 107 Å². The van der Waals surface area contributed by atoms with Gasteiger partial charge >= 0.3 is 0 Å². The minimum atomic E-state index is -1.15. The van der Waals surface area contributed by atoms with Crippen LogP contribution in [0, 0.1) is 11.3 Å². The highest BCUT2D eigenvalue weighted by atomic mass is 32.2. The van der Waals surface area contributed by atoms with E-state index in [0.717, 1.165) is 17.3 Å². The van der Waals surface area contributed by atoms with Crippen molar-refractivity contribution in [3.05, 3.63) is 48.2 Å². The molecule has 0 bridgehead atoms. The summed E-state index contributed by atoms with van der Waals surface area (Å²) in [5, 5.41) is 38.4. The molecule has 4 atom stereocenters. The average molecular weight is 344 g/mol. The molecule has 0 saturated carbocycles. The van der Waals surface area contributed by atoms with Gasteiger partial charge in [0.05, 0.1) is 29.6 Å². The Kier molecular flexibility index (Phi) is 5.02. The molecule has 6 nitrogen and oxygen atoms in total.